The van der Waals surface area contributed by atoms with Gasteiger partial charge in [0, 0.05) is 39.1 Å². The van der Waals surface area contributed by atoms with E-state index in [0.717, 1.165) is 32.1 Å². The number of sulfone groups is 1. The molecule has 20 heavy (non-hydrogen) atoms. The zero-order valence-electron chi connectivity index (χ0n) is 12.5. The molecule has 1 saturated carbocycles. The van der Waals surface area contributed by atoms with Crippen LogP contribution in [0.5, 0.6) is 0 Å². The molecule has 1 aliphatic carbocycles. The molecule has 1 aliphatic rings. The first kappa shape index (κ1) is 17.2. The van der Waals surface area contributed by atoms with Gasteiger partial charge in [-0.2, -0.15) is 0 Å². The van der Waals surface area contributed by atoms with E-state index in [-0.39, 0.29) is 5.75 Å². The molecule has 1 rings (SSSR count). The third-order valence-electron chi connectivity index (χ3n) is 2.88. The normalized spacial score (nSPS) is 16.2. The van der Waals surface area contributed by atoms with Crippen LogP contribution in [0.15, 0.2) is 4.99 Å². The molecule has 0 heterocycles. The van der Waals surface area contributed by atoms with Gasteiger partial charge in [0.25, 0.3) is 0 Å². The Hall–Kier alpha value is -0.820. The molecule has 1 fully saturated rings. The summed E-state index contributed by atoms with van der Waals surface area (Å²) in [6.45, 7) is 5.41. The van der Waals surface area contributed by atoms with Crippen LogP contribution in [0.25, 0.3) is 0 Å². The zero-order chi connectivity index (χ0) is 14.8. The minimum Gasteiger partial charge on any atom is -0.381 e. The fourth-order valence-electron chi connectivity index (χ4n) is 1.59. The summed E-state index contributed by atoms with van der Waals surface area (Å²) in [5.74, 6) is 1.58. The van der Waals surface area contributed by atoms with Crippen molar-refractivity contribution in [3.05, 3.63) is 0 Å². The highest BCUT2D eigenvalue weighted by Crippen LogP contribution is 2.28. The first-order chi connectivity index (χ1) is 9.51. The number of ether oxygens (including phenoxy) is 1. The van der Waals surface area contributed by atoms with Gasteiger partial charge in [0.1, 0.15) is 9.84 Å². The number of guanidine groups is 1. The quantitative estimate of drug-likeness (QED) is 0.347. The highest BCUT2D eigenvalue weighted by atomic mass is 32.2. The minimum absolute atomic E-state index is 0.113. The van der Waals surface area contributed by atoms with Crippen molar-refractivity contribution < 1.29 is 13.2 Å². The molecule has 0 aliphatic heterocycles. The van der Waals surface area contributed by atoms with Crippen LogP contribution >= 0.6 is 0 Å². The number of hydrogen-bond donors (Lipinski definition) is 2. The smallest absolute Gasteiger partial charge is 0.191 e. The molecule has 0 atom stereocenters. The van der Waals surface area contributed by atoms with Crippen LogP contribution in [-0.4, -0.2) is 59.2 Å². The summed E-state index contributed by atoms with van der Waals surface area (Å²) >= 11 is 0. The Morgan fingerprint density at radius 1 is 1.35 bits per heavy atom. The van der Waals surface area contributed by atoms with E-state index in [1.807, 2.05) is 6.92 Å². The second kappa shape index (κ2) is 9.18. The van der Waals surface area contributed by atoms with Gasteiger partial charge in [0.05, 0.1) is 5.75 Å². The van der Waals surface area contributed by atoms with Crippen molar-refractivity contribution in [2.24, 2.45) is 10.9 Å². The molecule has 0 radical (unpaired) electrons. The maximum atomic E-state index is 11.0. The second-order valence-corrected chi connectivity index (χ2v) is 7.45. The fourth-order valence-corrected chi connectivity index (χ4v) is 2.06. The lowest BCUT2D eigenvalue weighted by Crippen LogP contribution is -2.39. The number of aliphatic imine (C=N–C) groups is 1. The average molecular weight is 305 g/mol. The molecule has 0 bridgehead atoms. The van der Waals surface area contributed by atoms with Crippen molar-refractivity contribution in [2.45, 2.75) is 26.2 Å². The summed E-state index contributed by atoms with van der Waals surface area (Å²) in [6.07, 6.45) is 4.74. The van der Waals surface area contributed by atoms with Crippen molar-refractivity contribution in [3.63, 3.8) is 0 Å². The van der Waals surface area contributed by atoms with Gasteiger partial charge in [-0.25, -0.2) is 8.42 Å². The molecule has 0 aromatic rings. The lowest BCUT2D eigenvalue weighted by Gasteiger charge is -2.10. The minimum atomic E-state index is -2.93. The topological polar surface area (TPSA) is 79.8 Å². The molecule has 0 saturated heterocycles. The number of rotatable bonds is 10. The summed E-state index contributed by atoms with van der Waals surface area (Å²) in [4.78, 5) is 4.38. The molecule has 7 heteroatoms. The summed E-state index contributed by atoms with van der Waals surface area (Å²) in [7, 11) is -2.93. The molecular formula is C13H27N3O3S. The summed E-state index contributed by atoms with van der Waals surface area (Å²) in [5.41, 5.74) is 0. The van der Waals surface area contributed by atoms with Gasteiger partial charge in [-0.15, -0.1) is 0 Å². The molecule has 0 unspecified atom stereocenters. The van der Waals surface area contributed by atoms with Crippen LogP contribution in [0.1, 0.15) is 26.2 Å². The van der Waals surface area contributed by atoms with Gasteiger partial charge < -0.3 is 15.4 Å². The number of hydrogen-bond acceptors (Lipinski definition) is 4. The lowest BCUT2D eigenvalue weighted by atomic mass is 10.4. The molecule has 0 aromatic heterocycles. The SMILES string of the molecule is CCNC(=NCCCOCC1CC1)NCCS(C)(=O)=O. The van der Waals surface area contributed by atoms with E-state index >= 15 is 0 Å². The zero-order valence-corrected chi connectivity index (χ0v) is 13.3. The van der Waals surface area contributed by atoms with Gasteiger partial charge >= 0.3 is 0 Å². The largest absolute Gasteiger partial charge is 0.381 e. The lowest BCUT2D eigenvalue weighted by molar-refractivity contribution is 0.123. The van der Waals surface area contributed by atoms with Crippen LogP contribution in [0.4, 0.5) is 0 Å². The molecule has 6 nitrogen and oxygen atoms in total. The van der Waals surface area contributed by atoms with Crippen LogP contribution in [-0.2, 0) is 14.6 Å². The molecule has 118 valence electrons. The third kappa shape index (κ3) is 10.0. The van der Waals surface area contributed by atoms with E-state index in [2.05, 4.69) is 15.6 Å². The number of nitrogens with one attached hydrogen (secondary N) is 2. The second-order valence-electron chi connectivity index (χ2n) is 5.19. The maximum Gasteiger partial charge on any atom is 0.191 e. The van der Waals surface area contributed by atoms with E-state index in [9.17, 15) is 8.42 Å². The first-order valence-corrected chi connectivity index (χ1v) is 9.35. The van der Waals surface area contributed by atoms with Gasteiger partial charge in [0.15, 0.2) is 5.96 Å². The first-order valence-electron chi connectivity index (χ1n) is 7.29. The molecule has 0 aromatic carbocycles. The monoisotopic (exact) mass is 305 g/mol. The molecule has 0 amide bonds. The standard InChI is InChI=1S/C13H27N3O3S/c1-3-14-13(16-8-10-20(2,17)18)15-7-4-9-19-11-12-5-6-12/h12H,3-11H2,1-2H3,(H2,14,15,16). The number of nitrogens with zero attached hydrogens (tertiary/aromatic N) is 1. The van der Waals surface area contributed by atoms with Crippen molar-refractivity contribution in [3.8, 4) is 0 Å². The molecule has 0 spiro atoms. The highest BCUT2D eigenvalue weighted by Gasteiger charge is 2.20. The molecular weight excluding hydrogens is 278 g/mol. The highest BCUT2D eigenvalue weighted by molar-refractivity contribution is 7.90. The van der Waals surface area contributed by atoms with Crippen LogP contribution in [0.3, 0.4) is 0 Å². The Kier molecular flexibility index (Phi) is 7.91. The van der Waals surface area contributed by atoms with Crippen LogP contribution in [0, 0.1) is 5.92 Å². The fraction of sp³-hybridized carbons (Fsp3) is 0.923. The van der Waals surface area contributed by atoms with Crippen molar-refractivity contribution >= 4 is 15.8 Å². The molecule has 2 N–H and O–H groups in total. The van der Waals surface area contributed by atoms with Gasteiger partial charge in [0.2, 0.25) is 0 Å². The Morgan fingerprint density at radius 2 is 2.10 bits per heavy atom. The van der Waals surface area contributed by atoms with Gasteiger partial charge in [-0.05, 0) is 32.1 Å². The van der Waals surface area contributed by atoms with Gasteiger partial charge in [-0.3, -0.25) is 4.99 Å². The van der Waals surface area contributed by atoms with E-state index in [4.69, 9.17) is 4.74 Å². The Morgan fingerprint density at radius 3 is 2.70 bits per heavy atom. The maximum absolute atomic E-state index is 11.0. The van der Waals surface area contributed by atoms with E-state index < -0.39 is 9.84 Å². The van der Waals surface area contributed by atoms with Crippen molar-refractivity contribution in [1.29, 1.82) is 0 Å². The average Bonchev–Trinajstić information content (AvgIpc) is 3.16. The van der Waals surface area contributed by atoms with Crippen molar-refractivity contribution in [2.75, 3.05) is 44.9 Å². The summed E-state index contributed by atoms with van der Waals surface area (Å²) < 4.78 is 27.6. The van der Waals surface area contributed by atoms with Crippen LogP contribution < -0.4 is 10.6 Å². The van der Waals surface area contributed by atoms with Crippen molar-refractivity contribution in [1.82, 2.24) is 10.6 Å². The van der Waals surface area contributed by atoms with Gasteiger partial charge in [-0.1, -0.05) is 0 Å². The predicted octanol–water partition coefficient (Wildman–Crippen LogP) is 0.403. The Balaban J connectivity index is 2.12. The van der Waals surface area contributed by atoms with E-state index in [1.54, 1.807) is 0 Å². The predicted molar refractivity (Wildman–Crippen MR) is 81.9 cm³/mol. The van der Waals surface area contributed by atoms with Crippen LogP contribution in [0.2, 0.25) is 0 Å². The van der Waals surface area contributed by atoms with E-state index in [1.165, 1.54) is 19.1 Å². The Bertz CT molecular complexity index is 392. The summed E-state index contributed by atoms with van der Waals surface area (Å²) in [6, 6.07) is 0. The third-order valence-corrected chi connectivity index (χ3v) is 3.82. The summed E-state index contributed by atoms with van der Waals surface area (Å²) in [5, 5.41) is 6.11. The Labute approximate surface area is 122 Å². The van der Waals surface area contributed by atoms with E-state index in [0.29, 0.717) is 19.0 Å².